The number of amides is 1. The van der Waals surface area contributed by atoms with Gasteiger partial charge in [0.1, 0.15) is 12.4 Å². The average Bonchev–Trinajstić information content (AvgIpc) is 2.41. The number of carbonyl (C=O) groups is 1. The summed E-state index contributed by atoms with van der Waals surface area (Å²) in [5.74, 6) is 0.915. The average molecular weight is 250 g/mol. The fourth-order valence-electron chi connectivity index (χ4n) is 1.57. The molecule has 0 aliphatic heterocycles. The van der Waals surface area contributed by atoms with Gasteiger partial charge in [0.25, 0.3) is 0 Å². The Hall–Kier alpha value is -1.55. The lowest BCUT2D eigenvalue weighted by Crippen LogP contribution is -2.27. The van der Waals surface area contributed by atoms with Gasteiger partial charge in [-0.1, -0.05) is 24.6 Å². The normalized spacial score (nSPS) is 10.1. The minimum Gasteiger partial charge on any atom is -0.492 e. The molecule has 0 fully saturated rings. The van der Waals surface area contributed by atoms with E-state index in [0.717, 1.165) is 25.0 Å². The fourth-order valence-corrected chi connectivity index (χ4v) is 1.57. The molecule has 0 aromatic heterocycles. The quantitative estimate of drug-likeness (QED) is 0.656. The van der Waals surface area contributed by atoms with Gasteiger partial charge >= 0.3 is 0 Å². The highest BCUT2D eigenvalue weighted by Gasteiger charge is 2.00. The van der Waals surface area contributed by atoms with E-state index in [0.29, 0.717) is 26.1 Å². The van der Waals surface area contributed by atoms with Crippen molar-refractivity contribution >= 4 is 5.91 Å². The number of ether oxygens (including phenoxy) is 1. The molecule has 100 valence electrons. The Kier molecular flexibility index (Phi) is 7.64. The molecule has 0 spiro atoms. The largest absolute Gasteiger partial charge is 0.492 e. The van der Waals surface area contributed by atoms with Gasteiger partial charge in [-0.3, -0.25) is 4.79 Å². The number of benzene rings is 1. The molecule has 0 saturated carbocycles. The van der Waals surface area contributed by atoms with Gasteiger partial charge in [0.05, 0.1) is 6.54 Å². The van der Waals surface area contributed by atoms with Crippen LogP contribution in [-0.2, 0) is 4.79 Å². The lowest BCUT2D eigenvalue weighted by Gasteiger charge is -2.07. The summed E-state index contributed by atoms with van der Waals surface area (Å²) in [5, 5.41) is 2.83. The molecular weight excluding hydrogens is 228 g/mol. The monoisotopic (exact) mass is 250 g/mol. The summed E-state index contributed by atoms with van der Waals surface area (Å²) in [5.41, 5.74) is 5.38. The molecule has 1 aromatic carbocycles. The molecule has 0 aliphatic rings. The molecule has 4 heteroatoms. The molecule has 0 unspecified atom stereocenters. The Labute approximate surface area is 109 Å². The van der Waals surface area contributed by atoms with Crippen molar-refractivity contribution < 1.29 is 9.53 Å². The van der Waals surface area contributed by atoms with E-state index in [1.54, 1.807) is 0 Å². The van der Waals surface area contributed by atoms with Gasteiger partial charge in [-0.2, -0.15) is 0 Å². The number of carbonyl (C=O) groups excluding carboxylic acids is 1. The van der Waals surface area contributed by atoms with E-state index in [9.17, 15) is 4.79 Å². The molecule has 0 heterocycles. The van der Waals surface area contributed by atoms with E-state index in [1.165, 1.54) is 0 Å². The minimum absolute atomic E-state index is 0.0867. The van der Waals surface area contributed by atoms with E-state index in [2.05, 4.69) is 5.32 Å². The Morgan fingerprint density at radius 3 is 2.67 bits per heavy atom. The molecule has 4 nitrogen and oxygen atoms in total. The van der Waals surface area contributed by atoms with Crippen molar-refractivity contribution in [3.8, 4) is 5.75 Å². The summed E-state index contributed by atoms with van der Waals surface area (Å²) in [4.78, 5) is 11.4. The third-order valence-electron chi connectivity index (χ3n) is 2.54. The first-order chi connectivity index (χ1) is 8.83. The summed E-state index contributed by atoms with van der Waals surface area (Å²) in [6.07, 6.45) is 3.49. The molecule has 3 N–H and O–H groups in total. The molecule has 18 heavy (non-hydrogen) atoms. The fraction of sp³-hybridized carbons (Fsp3) is 0.500. The number of nitrogens with one attached hydrogen (secondary N) is 1. The first-order valence-corrected chi connectivity index (χ1v) is 6.47. The zero-order chi connectivity index (χ0) is 13.1. The van der Waals surface area contributed by atoms with E-state index in [-0.39, 0.29) is 5.91 Å². The Bertz CT molecular complexity index is 328. The lowest BCUT2D eigenvalue weighted by atomic mass is 10.2. The lowest BCUT2D eigenvalue weighted by molar-refractivity contribution is -0.121. The maximum absolute atomic E-state index is 11.4. The van der Waals surface area contributed by atoms with E-state index in [1.807, 2.05) is 30.3 Å². The number of rotatable bonds is 9. The number of unbranched alkanes of at least 4 members (excludes halogenated alkanes) is 2. The molecule has 0 radical (unpaired) electrons. The first-order valence-electron chi connectivity index (χ1n) is 6.47. The van der Waals surface area contributed by atoms with E-state index in [4.69, 9.17) is 10.5 Å². The Morgan fingerprint density at radius 2 is 1.94 bits per heavy atom. The van der Waals surface area contributed by atoms with Gasteiger partial charge in [0.15, 0.2) is 0 Å². The van der Waals surface area contributed by atoms with Crippen molar-refractivity contribution in [3.05, 3.63) is 30.3 Å². The van der Waals surface area contributed by atoms with Crippen LogP contribution in [0.2, 0.25) is 0 Å². The van der Waals surface area contributed by atoms with E-state index >= 15 is 0 Å². The van der Waals surface area contributed by atoms with Gasteiger partial charge in [-0.05, 0) is 31.5 Å². The summed E-state index contributed by atoms with van der Waals surface area (Å²) in [6, 6.07) is 9.58. The van der Waals surface area contributed by atoms with Gasteiger partial charge in [0.2, 0.25) is 5.91 Å². The van der Waals surface area contributed by atoms with Crippen molar-refractivity contribution in [2.24, 2.45) is 5.73 Å². The van der Waals surface area contributed by atoms with Crippen molar-refractivity contribution in [2.75, 3.05) is 19.7 Å². The predicted molar refractivity (Wildman–Crippen MR) is 72.5 cm³/mol. The smallest absolute Gasteiger partial charge is 0.220 e. The van der Waals surface area contributed by atoms with Gasteiger partial charge in [-0.15, -0.1) is 0 Å². The summed E-state index contributed by atoms with van der Waals surface area (Å²) in [7, 11) is 0. The van der Waals surface area contributed by atoms with Crippen LogP contribution in [0.3, 0.4) is 0 Å². The third-order valence-corrected chi connectivity index (χ3v) is 2.54. The van der Waals surface area contributed by atoms with Gasteiger partial charge < -0.3 is 15.8 Å². The summed E-state index contributed by atoms with van der Waals surface area (Å²) in [6.45, 7) is 1.75. The molecule has 0 aliphatic carbocycles. The summed E-state index contributed by atoms with van der Waals surface area (Å²) < 4.78 is 5.47. The number of para-hydroxylation sites is 1. The molecule has 0 bridgehead atoms. The van der Waals surface area contributed by atoms with Crippen molar-refractivity contribution in [1.82, 2.24) is 5.32 Å². The third kappa shape index (κ3) is 6.91. The van der Waals surface area contributed by atoms with Crippen LogP contribution in [-0.4, -0.2) is 25.6 Å². The van der Waals surface area contributed by atoms with Crippen LogP contribution in [0.5, 0.6) is 5.75 Å². The van der Waals surface area contributed by atoms with Crippen LogP contribution >= 0.6 is 0 Å². The second kappa shape index (κ2) is 9.48. The van der Waals surface area contributed by atoms with E-state index < -0.39 is 0 Å². The maximum Gasteiger partial charge on any atom is 0.220 e. The second-order valence-electron chi connectivity index (χ2n) is 4.11. The maximum atomic E-state index is 11.4. The van der Waals surface area contributed by atoms with Gasteiger partial charge in [0, 0.05) is 6.42 Å². The van der Waals surface area contributed by atoms with Crippen molar-refractivity contribution in [1.29, 1.82) is 0 Å². The minimum atomic E-state index is 0.0867. The molecular formula is C14H22N2O2. The molecule has 1 aromatic rings. The highest BCUT2D eigenvalue weighted by atomic mass is 16.5. The Balaban J connectivity index is 1.99. The van der Waals surface area contributed by atoms with Crippen LogP contribution in [0, 0.1) is 0 Å². The van der Waals surface area contributed by atoms with Crippen LogP contribution in [0.1, 0.15) is 25.7 Å². The SMILES string of the molecule is NCCCCCC(=O)NCCOc1ccccc1. The van der Waals surface area contributed by atoms with Crippen LogP contribution in [0.4, 0.5) is 0 Å². The Morgan fingerprint density at radius 1 is 1.17 bits per heavy atom. The molecule has 1 amide bonds. The number of hydrogen-bond acceptors (Lipinski definition) is 3. The molecule has 0 atom stereocenters. The zero-order valence-corrected chi connectivity index (χ0v) is 10.7. The van der Waals surface area contributed by atoms with Crippen molar-refractivity contribution in [3.63, 3.8) is 0 Å². The molecule has 1 rings (SSSR count). The van der Waals surface area contributed by atoms with Crippen LogP contribution in [0.15, 0.2) is 30.3 Å². The van der Waals surface area contributed by atoms with Gasteiger partial charge in [-0.25, -0.2) is 0 Å². The first kappa shape index (κ1) is 14.5. The second-order valence-corrected chi connectivity index (χ2v) is 4.11. The standard InChI is InChI=1S/C14H22N2O2/c15-10-6-2-5-9-14(17)16-11-12-18-13-7-3-1-4-8-13/h1,3-4,7-8H,2,5-6,9-12,15H2,(H,16,17). The van der Waals surface area contributed by atoms with Crippen molar-refractivity contribution in [2.45, 2.75) is 25.7 Å². The molecule has 0 saturated heterocycles. The number of hydrogen-bond donors (Lipinski definition) is 2. The van der Waals surface area contributed by atoms with Crippen LogP contribution < -0.4 is 15.8 Å². The van der Waals surface area contributed by atoms with Crippen LogP contribution in [0.25, 0.3) is 0 Å². The zero-order valence-electron chi connectivity index (χ0n) is 10.7. The topological polar surface area (TPSA) is 64.4 Å². The highest BCUT2D eigenvalue weighted by Crippen LogP contribution is 2.07. The summed E-state index contributed by atoms with van der Waals surface area (Å²) >= 11 is 0. The number of nitrogens with two attached hydrogens (primary N) is 1. The highest BCUT2D eigenvalue weighted by molar-refractivity contribution is 5.75. The predicted octanol–water partition coefficient (Wildman–Crippen LogP) is 1.70.